The fourth-order valence-electron chi connectivity index (χ4n) is 1.72. The topological polar surface area (TPSA) is 107 Å². The lowest BCUT2D eigenvalue weighted by molar-refractivity contribution is 0.354. The molecule has 0 unspecified atom stereocenters. The first-order valence-electron chi connectivity index (χ1n) is 5.91. The summed E-state index contributed by atoms with van der Waals surface area (Å²) in [5.41, 5.74) is 7.28. The van der Waals surface area contributed by atoms with E-state index in [9.17, 15) is 4.39 Å². The molecule has 3 rings (SSSR count). The number of rotatable bonds is 4. The maximum absolute atomic E-state index is 12.8. The molecule has 0 spiro atoms. The minimum atomic E-state index is -0.447. The number of hydrogen-bond donors (Lipinski definition) is 2. The third-order valence-corrected chi connectivity index (χ3v) is 2.71. The number of nitrogens with two attached hydrogens (primary N) is 1. The third-order valence-electron chi connectivity index (χ3n) is 2.71. The zero-order valence-electron chi connectivity index (χ0n) is 10.3. The summed E-state index contributed by atoms with van der Waals surface area (Å²) in [5.74, 6) is 0.147. The summed E-state index contributed by atoms with van der Waals surface area (Å²) in [6.45, 7) is 0. The van der Waals surface area contributed by atoms with Crippen molar-refractivity contribution in [2.24, 2.45) is 5.73 Å². The Hall–Kier alpha value is -2.61. The smallest absolute Gasteiger partial charge is 0.244 e. The Morgan fingerprint density at radius 2 is 2.25 bits per heavy atom. The summed E-state index contributed by atoms with van der Waals surface area (Å²) in [7, 11) is 0. The third kappa shape index (κ3) is 2.54. The Morgan fingerprint density at radius 1 is 1.35 bits per heavy atom. The predicted molar refractivity (Wildman–Crippen MR) is 66.7 cm³/mol. The fourth-order valence-corrected chi connectivity index (χ4v) is 1.72. The lowest BCUT2D eigenvalue weighted by atomic mass is 10.2. The second-order valence-corrected chi connectivity index (χ2v) is 4.21. The molecule has 0 saturated heterocycles. The molecule has 0 aliphatic rings. The highest BCUT2D eigenvalue weighted by atomic mass is 19.1. The first-order valence-corrected chi connectivity index (χ1v) is 5.91. The van der Waals surface area contributed by atoms with Crippen LogP contribution in [-0.2, 0) is 6.42 Å². The predicted octanol–water partition coefficient (Wildman–Crippen LogP) is 1.24. The van der Waals surface area contributed by atoms with E-state index in [1.54, 1.807) is 12.5 Å². The molecule has 3 N–H and O–H groups in total. The lowest BCUT2D eigenvalue weighted by Gasteiger charge is -2.03. The van der Waals surface area contributed by atoms with Gasteiger partial charge in [-0.15, -0.1) is 0 Å². The van der Waals surface area contributed by atoms with Crippen LogP contribution in [0.2, 0.25) is 0 Å². The van der Waals surface area contributed by atoms with Crippen LogP contribution < -0.4 is 5.73 Å². The molecule has 1 atom stereocenters. The number of nitrogens with one attached hydrogen (secondary N) is 1. The van der Waals surface area contributed by atoms with E-state index in [0.717, 1.165) is 11.9 Å². The van der Waals surface area contributed by atoms with Gasteiger partial charge in [0, 0.05) is 18.3 Å². The Morgan fingerprint density at radius 3 is 2.95 bits per heavy atom. The number of nitrogens with zero attached hydrogens (tertiary/aromatic N) is 4. The van der Waals surface area contributed by atoms with E-state index < -0.39 is 11.9 Å². The molecule has 0 aliphatic heterocycles. The van der Waals surface area contributed by atoms with Gasteiger partial charge in [0.25, 0.3) is 0 Å². The normalized spacial score (nSPS) is 12.5. The fraction of sp³-hybridized carbons (Fsp3) is 0.167. The minimum absolute atomic E-state index is 0.278. The number of imidazole rings is 1. The van der Waals surface area contributed by atoms with Gasteiger partial charge in [0.15, 0.2) is 0 Å². The minimum Gasteiger partial charge on any atom is -0.348 e. The van der Waals surface area contributed by atoms with Gasteiger partial charge in [0.05, 0.1) is 18.6 Å². The van der Waals surface area contributed by atoms with E-state index in [-0.39, 0.29) is 5.82 Å². The monoisotopic (exact) mass is 274 g/mol. The van der Waals surface area contributed by atoms with Crippen molar-refractivity contribution in [1.82, 2.24) is 25.1 Å². The summed E-state index contributed by atoms with van der Waals surface area (Å²) in [6, 6.07) is 2.31. The summed E-state index contributed by atoms with van der Waals surface area (Å²) in [5, 5.41) is 3.79. The van der Waals surface area contributed by atoms with E-state index in [4.69, 9.17) is 10.3 Å². The molecule has 0 saturated carbocycles. The van der Waals surface area contributed by atoms with Crippen LogP contribution in [0.15, 0.2) is 35.4 Å². The van der Waals surface area contributed by atoms with Crippen LogP contribution in [0.25, 0.3) is 11.5 Å². The van der Waals surface area contributed by atoms with Crippen molar-refractivity contribution in [1.29, 1.82) is 0 Å². The molecule has 20 heavy (non-hydrogen) atoms. The molecule has 0 aromatic carbocycles. The second kappa shape index (κ2) is 5.17. The summed E-state index contributed by atoms with van der Waals surface area (Å²) < 4.78 is 17.9. The van der Waals surface area contributed by atoms with Gasteiger partial charge in [-0.05, 0) is 12.1 Å². The van der Waals surface area contributed by atoms with Crippen LogP contribution in [0.5, 0.6) is 0 Å². The van der Waals surface area contributed by atoms with E-state index in [2.05, 4.69) is 25.1 Å². The van der Waals surface area contributed by atoms with E-state index in [1.807, 2.05) is 0 Å². The SMILES string of the molecule is N[C@@H](Cc1cnc[nH]1)c1nc(-c2ccc(F)cn2)no1. The van der Waals surface area contributed by atoms with Crippen LogP contribution >= 0.6 is 0 Å². The molecule has 0 amide bonds. The molecule has 0 bridgehead atoms. The zero-order valence-corrected chi connectivity index (χ0v) is 10.3. The highest BCUT2D eigenvalue weighted by Crippen LogP contribution is 2.17. The van der Waals surface area contributed by atoms with Crippen molar-refractivity contribution in [2.75, 3.05) is 0 Å². The number of H-pyrrole nitrogens is 1. The Labute approximate surface area is 113 Å². The summed E-state index contributed by atoms with van der Waals surface area (Å²) >= 11 is 0. The average Bonchev–Trinajstić information content (AvgIpc) is 3.10. The second-order valence-electron chi connectivity index (χ2n) is 4.21. The van der Waals surface area contributed by atoms with Crippen molar-refractivity contribution < 1.29 is 8.91 Å². The molecule has 0 aliphatic carbocycles. The van der Waals surface area contributed by atoms with Gasteiger partial charge in [0.1, 0.15) is 11.5 Å². The summed E-state index contributed by atoms with van der Waals surface area (Å²) in [6.07, 6.45) is 4.84. The Balaban J connectivity index is 1.77. The molecule has 3 aromatic heterocycles. The van der Waals surface area contributed by atoms with Crippen LogP contribution in [-0.4, -0.2) is 25.1 Å². The van der Waals surface area contributed by atoms with Crippen molar-refractivity contribution in [3.05, 3.63) is 48.3 Å². The quantitative estimate of drug-likeness (QED) is 0.741. The number of hydrogen-bond acceptors (Lipinski definition) is 6. The van der Waals surface area contributed by atoms with Crippen molar-refractivity contribution in [3.63, 3.8) is 0 Å². The molecule has 3 heterocycles. The molecule has 0 fully saturated rings. The van der Waals surface area contributed by atoms with Gasteiger partial charge in [0.2, 0.25) is 11.7 Å². The van der Waals surface area contributed by atoms with Crippen LogP contribution in [0.4, 0.5) is 4.39 Å². The van der Waals surface area contributed by atoms with Crippen molar-refractivity contribution in [2.45, 2.75) is 12.5 Å². The van der Waals surface area contributed by atoms with Crippen molar-refractivity contribution >= 4 is 0 Å². The average molecular weight is 274 g/mol. The van der Waals surface area contributed by atoms with Gasteiger partial charge < -0.3 is 15.2 Å². The van der Waals surface area contributed by atoms with Crippen LogP contribution in [0.1, 0.15) is 17.6 Å². The molecule has 0 radical (unpaired) electrons. The molecule has 102 valence electrons. The molecular weight excluding hydrogens is 263 g/mol. The lowest BCUT2D eigenvalue weighted by Crippen LogP contribution is -2.14. The van der Waals surface area contributed by atoms with Crippen LogP contribution in [0, 0.1) is 5.82 Å². The molecular formula is C12H11FN6O. The first kappa shape index (κ1) is 12.4. The molecule has 8 heteroatoms. The van der Waals surface area contributed by atoms with Gasteiger partial charge in [-0.2, -0.15) is 4.98 Å². The Bertz CT molecular complexity index is 678. The van der Waals surface area contributed by atoms with E-state index in [1.165, 1.54) is 12.1 Å². The standard InChI is InChI=1S/C12H11FN6O/c13-7-1-2-10(16-4-7)11-18-12(20-19-11)9(14)3-8-5-15-6-17-8/h1-2,4-6,9H,3,14H2,(H,15,17)/t9-/m0/s1. The largest absolute Gasteiger partial charge is 0.348 e. The van der Waals surface area contributed by atoms with E-state index >= 15 is 0 Å². The first-order chi connectivity index (χ1) is 9.72. The highest BCUT2D eigenvalue weighted by Gasteiger charge is 2.17. The number of pyridine rings is 1. The molecule has 7 nitrogen and oxygen atoms in total. The van der Waals surface area contributed by atoms with Crippen molar-refractivity contribution in [3.8, 4) is 11.5 Å². The number of aromatic amines is 1. The van der Waals surface area contributed by atoms with Gasteiger partial charge in [-0.1, -0.05) is 5.16 Å². The van der Waals surface area contributed by atoms with Crippen LogP contribution in [0.3, 0.4) is 0 Å². The van der Waals surface area contributed by atoms with Gasteiger partial charge >= 0.3 is 0 Å². The maximum atomic E-state index is 12.8. The highest BCUT2D eigenvalue weighted by molar-refractivity contribution is 5.47. The van der Waals surface area contributed by atoms with Gasteiger partial charge in [-0.3, -0.25) is 0 Å². The number of halogens is 1. The molecule has 3 aromatic rings. The Kier molecular flexibility index (Phi) is 3.21. The zero-order chi connectivity index (χ0) is 13.9. The summed E-state index contributed by atoms with van der Waals surface area (Å²) in [4.78, 5) is 14.9. The number of aromatic nitrogens is 5. The van der Waals surface area contributed by atoms with Gasteiger partial charge in [-0.25, -0.2) is 14.4 Å². The maximum Gasteiger partial charge on any atom is 0.244 e. The van der Waals surface area contributed by atoms with E-state index in [0.29, 0.717) is 18.0 Å².